The van der Waals surface area contributed by atoms with E-state index in [-0.39, 0.29) is 0 Å². The van der Waals surface area contributed by atoms with Crippen LogP contribution in [0.15, 0.2) is 36.7 Å². The van der Waals surface area contributed by atoms with Crippen molar-refractivity contribution in [1.82, 2.24) is 9.97 Å². The van der Waals surface area contributed by atoms with Crippen molar-refractivity contribution in [3.63, 3.8) is 0 Å². The second-order valence-corrected chi connectivity index (χ2v) is 5.22. The number of anilines is 1. The third-order valence-electron chi connectivity index (χ3n) is 3.70. The van der Waals surface area contributed by atoms with Crippen molar-refractivity contribution in [3.05, 3.63) is 47.4 Å². The standard InChI is InChI=1S/C15H16ClN3O/c1-20-13-14(16)17-10-18-15(13)19-8-7-12(9-19)11-5-3-2-4-6-11/h2-6,10,12H,7-9H2,1H3. The number of halogens is 1. The Hall–Kier alpha value is -1.81. The van der Waals surface area contributed by atoms with Crippen molar-refractivity contribution < 1.29 is 4.74 Å². The SMILES string of the molecule is COc1c(Cl)ncnc1N1CCC(c2ccccc2)C1. The van der Waals surface area contributed by atoms with Crippen LogP contribution >= 0.6 is 11.6 Å². The van der Waals surface area contributed by atoms with Gasteiger partial charge in [0.05, 0.1) is 7.11 Å². The van der Waals surface area contributed by atoms with Gasteiger partial charge in [-0.15, -0.1) is 0 Å². The van der Waals surface area contributed by atoms with Crippen molar-refractivity contribution in [2.75, 3.05) is 25.1 Å². The van der Waals surface area contributed by atoms with Crippen LogP contribution in [0.4, 0.5) is 5.82 Å². The van der Waals surface area contributed by atoms with E-state index in [1.807, 2.05) is 6.07 Å². The maximum atomic E-state index is 6.06. The quantitative estimate of drug-likeness (QED) is 0.814. The first kappa shape index (κ1) is 13.2. The van der Waals surface area contributed by atoms with Gasteiger partial charge in [0.1, 0.15) is 6.33 Å². The van der Waals surface area contributed by atoms with Crippen LogP contribution in [0, 0.1) is 0 Å². The molecule has 1 aromatic heterocycles. The average Bonchev–Trinajstić information content (AvgIpc) is 2.97. The van der Waals surface area contributed by atoms with Gasteiger partial charge >= 0.3 is 0 Å². The van der Waals surface area contributed by atoms with Crippen molar-refractivity contribution >= 4 is 17.4 Å². The molecule has 1 aliphatic heterocycles. The molecule has 0 spiro atoms. The maximum Gasteiger partial charge on any atom is 0.199 e. The Bertz CT molecular complexity index is 591. The molecule has 0 saturated carbocycles. The molecule has 0 aliphatic carbocycles. The summed E-state index contributed by atoms with van der Waals surface area (Å²) in [6.45, 7) is 1.87. The van der Waals surface area contributed by atoms with Gasteiger partial charge in [-0.1, -0.05) is 41.9 Å². The van der Waals surface area contributed by atoms with Gasteiger partial charge in [0, 0.05) is 19.0 Å². The second kappa shape index (κ2) is 5.67. The summed E-state index contributed by atoms with van der Waals surface area (Å²) in [7, 11) is 1.60. The molecule has 0 bridgehead atoms. The lowest BCUT2D eigenvalue weighted by Crippen LogP contribution is -2.21. The van der Waals surface area contributed by atoms with Gasteiger partial charge < -0.3 is 9.64 Å². The number of nitrogens with zero attached hydrogens (tertiary/aromatic N) is 3. The fourth-order valence-corrected chi connectivity index (χ4v) is 2.90. The molecule has 104 valence electrons. The van der Waals surface area contributed by atoms with Gasteiger partial charge in [0.25, 0.3) is 0 Å². The number of ether oxygens (including phenoxy) is 1. The van der Waals surface area contributed by atoms with Crippen LogP contribution in [-0.4, -0.2) is 30.2 Å². The van der Waals surface area contributed by atoms with Gasteiger partial charge in [-0.25, -0.2) is 9.97 Å². The molecule has 0 amide bonds. The minimum Gasteiger partial charge on any atom is -0.490 e. The fourth-order valence-electron chi connectivity index (χ4n) is 2.69. The van der Waals surface area contributed by atoms with Crippen LogP contribution in [0.5, 0.6) is 5.75 Å². The highest BCUT2D eigenvalue weighted by atomic mass is 35.5. The molecule has 2 heterocycles. The first-order chi connectivity index (χ1) is 9.79. The van der Waals surface area contributed by atoms with Crippen molar-refractivity contribution in [3.8, 4) is 5.75 Å². The van der Waals surface area contributed by atoms with E-state index in [1.54, 1.807) is 7.11 Å². The van der Waals surface area contributed by atoms with Gasteiger partial charge in [-0.3, -0.25) is 0 Å². The van der Waals surface area contributed by atoms with Crippen LogP contribution in [0.2, 0.25) is 5.15 Å². The first-order valence-electron chi connectivity index (χ1n) is 6.64. The molecule has 1 aliphatic rings. The Labute approximate surface area is 123 Å². The van der Waals surface area contributed by atoms with Gasteiger partial charge in [-0.2, -0.15) is 0 Å². The molecular weight excluding hydrogens is 274 g/mol. The van der Waals surface area contributed by atoms with E-state index in [0.717, 1.165) is 25.3 Å². The topological polar surface area (TPSA) is 38.3 Å². The Morgan fingerprint density at radius 1 is 1.25 bits per heavy atom. The minimum absolute atomic E-state index is 0.362. The smallest absolute Gasteiger partial charge is 0.199 e. The van der Waals surface area contributed by atoms with Crippen LogP contribution < -0.4 is 9.64 Å². The number of aromatic nitrogens is 2. The molecule has 2 aromatic rings. The Balaban J connectivity index is 1.83. The molecule has 4 nitrogen and oxygen atoms in total. The first-order valence-corrected chi connectivity index (χ1v) is 7.01. The molecular formula is C15H16ClN3O. The van der Waals surface area contributed by atoms with Crippen LogP contribution in [0.25, 0.3) is 0 Å². The van der Waals surface area contributed by atoms with Crippen molar-refractivity contribution in [2.45, 2.75) is 12.3 Å². The lowest BCUT2D eigenvalue weighted by molar-refractivity contribution is 0.411. The summed E-state index contributed by atoms with van der Waals surface area (Å²) in [4.78, 5) is 10.5. The summed E-state index contributed by atoms with van der Waals surface area (Å²) >= 11 is 6.06. The highest BCUT2D eigenvalue weighted by Gasteiger charge is 2.27. The summed E-state index contributed by atoms with van der Waals surface area (Å²) in [5.74, 6) is 1.86. The highest BCUT2D eigenvalue weighted by molar-refractivity contribution is 6.31. The van der Waals surface area contributed by atoms with Crippen LogP contribution in [0.1, 0.15) is 17.9 Å². The van der Waals surface area contributed by atoms with E-state index in [2.05, 4.69) is 39.1 Å². The number of benzene rings is 1. The van der Waals surface area contributed by atoms with Gasteiger partial charge in [0.15, 0.2) is 16.7 Å². The molecule has 3 rings (SSSR count). The molecule has 0 radical (unpaired) electrons. The highest BCUT2D eigenvalue weighted by Crippen LogP contribution is 2.36. The molecule has 20 heavy (non-hydrogen) atoms. The average molecular weight is 290 g/mol. The number of hydrogen-bond acceptors (Lipinski definition) is 4. The summed E-state index contributed by atoms with van der Waals surface area (Å²) in [6.07, 6.45) is 2.59. The monoisotopic (exact) mass is 289 g/mol. The third-order valence-corrected chi connectivity index (χ3v) is 3.97. The predicted octanol–water partition coefficient (Wildman–Crippen LogP) is 3.13. The fraction of sp³-hybridized carbons (Fsp3) is 0.333. The van der Waals surface area contributed by atoms with Gasteiger partial charge in [0.2, 0.25) is 0 Å². The van der Waals surface area contributed by atoms with E-state index in [4.69, 9.17) is 16.3 Å². The number of methoxy groups -OCH3 is 1. The van der Waals surface area contributed by atoms with E-state index < -0.39 is 0 Å². The molecule has 1 unspecified atom stereocenters. The summed E-state index contributed by atoms with van der Waals surface area (Å²) in [5.41, 5.74) is 1.37. The van der Waals surface area contributed by atoms with E-state index in [1.165, 1.54) is 11.9 Å². The predicted molar refractivity (Wildman–Crippen MR) is 79.6 cm³/mol. The minimum atomic E-state index is 0.362. The summed E-state index contributed by atoms with van der Waals surface area (Å²) in [5, 5.41) is 0.362. The second-order valence-electron chi connectivity index (χ2n) is 4.86. The van der Waals surface area contributed by atoms with Crippen molar-refractivity contribution in [1.29, 1.82) is 0 Å². The largest absolute Gasteiger partial charge is 0.490 e. The maximum absolute atomic E-state index is 6.06. The summed E-state index contributed by atoms with van der Waals surface area (Å²) in [6, 6.07) is 10.6. The zero-order valence-corrected chi connectivity index (χ0v) is 12.0. The van der Waals surface area contributed by atoms with E-state index in [0.29, 0.717) is 16.8 Å². The zero-order chi connectivity index (χ0) is 13.9. The summed E-state index contributed by atoms with van der Waals surface area (Å²) < 4.78 is 5.33. The van der Waals surface area contributed by atoms with Crippen molar-refractivity contribution in [2.24, 2.45) is 0 Å². The number of hydrogen-bond donors (Lipinski definition) is 0. The van der Waals surface area contributed by atoms with Crippen LogP contribution in [0.3, 0.4) is 0 Å². The lowest BCUT2D eigenvalue weighted by Gasteiger charge is -2.20. The molecule has 1 atom stereocenters. The van der Waals surface area contributed by atoms with E-state index >= 15 is 0 Å². The normalized spacial score (nSPS) is 18.3. The molecule has 1 saturated heterocycles. The zero-order valence-electron chi connectivity index (χ0n) is 11.3. The Morgan fingerprint density at radius 3 is 2.80 bits per heavy atom. The third kappa shape index (κ3) is 2.43. The molecule has 5 heteroatoms. The molecule has 1 aromatic carbocycles. The number of rotatable bonds is 3. The Kier molecular flexibility index (Phi) is 3.74. The van der Waals surface area contributed by atoms with Gasteiger partial charge in [-0.05, 0) is 12.0 Å². The van der Waals surface area contributed by atoms with Crippen LogP contribution in [-0.2, 0) is 0 Å². The van der Waals surface area contributed by atoms with E-state index in [9.17, 15) is 0 Å². The molecule has 0 N–H and O–H groups in total. The Morgan fingerprint density at radius 2 is 2.05 bits per heavy atom. The molecule has 1 fully saturated rings. The lowest BCUT2D eigenvalue weighted by atomic mass is 9.99.